The molecule has 0 bridgehead atoms. The number of anilines is 2. The molecule has 1 aromatic heterocycles. The van der Waals surface area contributed by atoms with Crippen LogP contribution in [0.4, 0.5) is 11.4 Å². The molecule has 0 radical (unpaired) electrons. The average molecular weight is 408 g/mol. The lowest BCUT2D eigenvalue weighted by atomic mass is 10.1. The summed E-state index contributed by atoms with van der Waals surface area (Å²) in [6, 6.07) is 19.8. The maximum Gasteiger partial charge on any atom is 0.255 e. The second-order valence-corrected chi connectivity index (χ2v) is 8.64. The van der Waals surface area contributed by atoms with Gasteiger partial charge in [0.2, 0.25) is 10.0 Å². The number of carbonyl (C=O) groups excluding carboxylic acids is 1. The minimum atomic E-state index is -3.36. The maximum absolute atomic E-state index is 12.6. The van der Waals surface area contributed by atoms with Crippen LogP contribution in [0.1, 0.15) is 17.3 Å². The molecular weight excluding hydrogens is 388 g/mol. The second kappa shape index (κ2) is 7.25. The van der Waals surface area contributed by atoms with Crippen LogP contribution in [-0.4, -0.2) is 27.1 Å². The molecular formula is C22H20N2O4S. The zero-order chi connectivity index (χ0) is 20.6. The minimum Gasteiger partial charge on any atom is -0.456 e. The van der Waals surface area contributed by atoms with E-state index >= 15 is 0 Å². The van der Waals surface area contributed by atoms with Gasteiger partial charge in [-0.2, -0.15) is 0 Å². The summed E-state index contributed by atoms with van der Waals surface area (Å²) in [5.74, 6) is -0.283. The average Bonchev–Trinajstić information content (AvgIpc) is 3.05. The van der Waals surface area contributed by atoms with Gasteiger partial charge in [-0.3, -0.25) is 9.10 Å². The van der Waals surface area contributed by atoms with Gasteiger partial charge in [-0.05, 0) is 49.4 Å². The lowest BCUT2D eigenvalue weighted by molar-refractivity contribution is 0.102. The predicted molar refractivity (Wildman–Crippen MR) is 116 cm³/mol. The van der Waals surface area contributed by atoms with Gasteiger partial charge in [0.25, 0.3) is 5.91 Å². The van der Waals surface area contributed by atoms with E-state index in [0.29, 0.717) is 29.1 Å². The van der Waals surface area contributed by atoms with Crippen molar-refractivity contribution in [1.29, 1.82) is 0 Å². The molecule has 29 heavy (non-hydrogen) atoms. The van der Waals surface area contributed by atoms with E-state index in [9.17, 15) is 13.2 Å². The van der Waals surface area contributed by atoms with Crippen molar-refractivity contribution < 1.29 is 17.6 Å². The van der Waals surface area contributed by atoms with E-state index in [1.54, 1.807) is 37.3 Å². The molecule has 6 nitrogen and oxygen atoms in total. The third kappa shape index (κ3) is 3.69. The Bertz CT molecular complexity index is 1310. The molecule has 0 saturated heterocycles. The van der Waals surface area contributed by atoms with Crippen molar-refractivity contribution in [3.05, 3.63) is 72.3 Å². The Labute approximate surface area is 168 Å². The number of para-hydroxylation sites is 1. The SMILES string of the molecule is CCN(c1ccc(C(=O)Nc2ccc3c(c2)oc2ccccc23)cc1)S(C)(=O)=O. The van der Waals surface area contributed by atoms with Gasteiger partial charge < -0.3 is 9.73 Å². The first-order valence-corrected chi connectivity index (χ1v) is 11.0. The first kappa shape index (κ1) is 19.0. The molecule has 148 valence electrons. The molecule has 0 saturated carbocycles. The van der Waals surface area contributed by atoms with Crippen LogP contribution >= 0.6 is 0 Å². The van der Waals surface area contributed by atoms with Crippen molar-refractivity contribution in [2.75, 3.05) is 22.4 Å². The van der Waals surface area contributed by atoms with E-state index in [4.69, 9.17) is 4.42 Å². The molecule has 0 aliphatic rings. The van der Waals surface area contributed by atoms with Crippen LogP contribution in [0.15, 0.2) is 71.1 Å². The van der Waals surface area contributed by atoms with E-state index in [1.165, 1.54) is 4.31 Å². The number of nitrogens with one attached hydrogen (secondary N) is 1. The van der Waals surface area contributed by atoms with E-state index < -0.39 is 10.0 Å². The molecule has 0 unspecified atom stereocenters. The van der Waals surface area contributed by atoms with Crippen molar-refractivity contribution in [2.45, 2.75) is 6.92 Å². The van der Waals surface area contributed by atoms with Gasteiger partial charge in [-0.1, -0.05) is 18.2 Å². The number of amides is 1. The summed E-state index contributed by atoms with van der Waals surface area (Å²) in [5, 5.41) is 4.88. The van der Waals surface area contributed by atoms with E-state index in [2.05, 4.69) is 5.32 Å². The summed E-state index contributed by atoms with van der Waals surface area (Å²) in [6.07, 6.45) is 1.16. The van der Waals surface area contributed by atoms with Gasteiger partial charge in [-0.15, -0.1) is 0 Å². The summed E-state index contributed by atoms with van der Waals surface area (Å²) < 4.78 is 30.8. The Morgan fingerprint density at radius 1 is 0.966 bits per heavy atom. The highest BCUT2D eigenvalue weighted by Gasteiger charge is 2.16. The lowest BCUT2D eigenvalue weighted by Crippen LogP contribution is -2.29. The first-order valence-electron chi connectivity index (χ1n) is 9.17. The zero-order valence-electron chi connectivity index (χ0n) is 16.0. The Morgan fingerprint density at radius 3 is 2.34 bits per heavy atom. The second-order valence-electron chi connectivity index (χ2n) is 6.74. The third-order valence-corrected chi connectivity index (χ3v) is 6.01. The molecule has 1 amide bonds. The molecule has 0 aliphatic carbocycles. The fourth-order valence-electron chi connectivity index (χ4n) is 3.39. The molecule has 7 heteroatoms. The highest BCUT2D eigenvalue weighted by molar-refractivity contribution is 7.92. The molecule has 0 atom stereocenters. The van der Waals surface area contributed by atoms with E-state index in [1.807, 2.05) is 36.4 Å². The van der Waals surface area contributed by atoms with Gasteiger partial charge >= 0.3 is 0 Å². The highest BCUT2D eigenvalue weighted by atomic mass is 32.2. The number of hydrogen-bond donors (Lipinski definition) is 1. The summed E-state index contributed by atoms with van der Waals surface area (Å²) in [6.45, 7) is 2.08. The van der Waals surface area contributed by atoms with E-state index in [0.717, 1.165) is 22.6 Å². The largest absolute Gasteiger partial charge is 0.456 e. The number of hydrogen-bond acceptors (Lipinski definition) is 4. The van der Waals surface area contributed by atoms with Crippen LogP contribution in [0, 0.1) is 0 Å². The van der Waals surface area contributed by atoms with Crippen LogP contribution in [0.5, 0.6) is 0 Å². The minimum absolute atomic E-state index is 0.283. The Kier molecular flexibility index (Phi) is 4.76. The van der Waals surface area contributed by atoms with Gasteiger partial charge in [0.05, 0.1) is 11.9 Å². The van der Waals surface area contributed by atoms with Gasteiger partial charge in [0.1, 0.15) is 11.2 Å². The smallest absolute Gasteiger partial charge is 0.255 e. The zero-order valence-corrected chi connectivity index (χ0v) is 16.9. The molecule has 4 aromatic rings. The molecule has 0 spiro atoms. The summed E-state index contributed by atoms with van der Waals surface area (Å²) in [7, 11) is -3.36. The number of rotatable bonds is 5. The predicted octanol–water partition coefficient (Wildman–Crippen LogP) is 4.62. The van der Waals surface area contributed by atoms with Crippen LogP contribution in [-0.2, 0) is 10.0 Å². The number of carbonyl (C=O) groups is 1. The number of nitrogens with zero attached hydrogens (tertiary/aromatic N) is 1. The monoisotopic (exact) mass is 408 g/mol. The van der Waals surface area contributed by atoms with Gasteiger partial charge in [-0.25, -0.2) is 8.42 Å². The molecule has 1 N–H and O–H groups in total. The number of fused-ring (bicyclic) bond motifs is 3. The Morgan fingerprint density at radius 2 is 1.66 bits per heavy atom. The third-order valence-electron chi connectivity index (χ3n) is 4.74. The van der Waals surface area contributed by atoms with Crippen molar-refractivity contribution >= 4 is 49.2 Å². The summed E-state index contributed by atoms with van der Waals surface area (Å²) in [5.41, 5.74) is 3.08. The van der Waals surface area contributed by atoms with Gasteiger partial charge in [0, 0.05) is 34.6 Å². The standard InChI is InChI=1S/C22H20N2O4S/c1-3-24(29(2,26)27)17-11-8-15(9-12-17)22(25)23-16-10-13-19-18-6-4-5-7-20(18)28-21(19)14-16/h4-14H,3H2,1-2H3,(H,23,25). The van der Waals surface area contributed by atoms with Crippen molar-refractivity contribution in [3.63, 3.8) is 0 Å². The van der Waals surface area contributed by atoms with Crippen LogP contribution in [0.25, 0.3) is 21.9 Å². The topological polar surface area (TPSA) is 79.6 Å². The fourth-order valence-corrected chi connectivity index (χ4v) is 4.37. The Hall–Kier alpha value is -3.32. The molecule has 0 fully saturated rings. The number of sulfonamides is 1. The van der Waals surface area contributed by atoms with Gasteiger partial charge in [0.15, 0.2) is 0 Å². The highest BCUT2D eigenvalue weighted by Crippen LogP contribution is 2.30. The summed E-state index contributed by atoms with van der Waals surface area (Å²) >= 11 is 0. The molecule has 4 rings (SSSR count). The van der Waals surface area contributed by atoms with Crippen molar-refractivity contribution in [2.24, 2.45) is 0 Å². The lowest BCUT2D eigenvalue weighted by Gasteiger charge is -2.20. The van der Waals surface area contributed by atoms with Crippen LogP contribution in [0.3, 0.4) is 0 Å². The van der Waals surface area contributed by atoms with Crippen LogP contribution < -0.4 is 9.62 Å². The normalized spacial score (nSPS) is 11.7. The van der Waals surface area contributed by atoms with Crippen molar-refractivity contribution in [3.8, 4) is 0 Å². The van der Waals surface area contributed by atoms with Crippen LogP contribution in [0.2, 0.25) is 0 Å². The molecule has 1 heterocycles. The maximum atomic E-state index is 12.6. The summed E-state index contributed by atoms with van der Waals surface area (Å²) in [4.78, 5) is 12.6. The number of benzene rings is 3. The fraction of sp³-hybridized carbons (Fsp3) is 0.136. The molecule has 3 aromatic carbocycles. The molecule has 0 aliphatic heterocycles. The Balaban J connectivity index is 1.57. The van der Waals surface area contributed by atoms with E-state index in [-0.39, 0.29) is 5.91 Å². The number of furan rings is 1. The van der Waals surface area contributed by atoms with Crippen molar-refractivity contribution in [1.82, 2.24) is 0 Å². The first-order chi connectivity index (χ1) is 13.9. The quantitative estimate of drug-likeness (QED) is 0.522.